The van der Waals surface area contributed by atoms with E-state index in [0.29, 0.717) is 22.8 Å². The minimum absolute atomic E-state index is 0.146. The number of pyridine rings is 1. The van der Waals surface area contributed by atoms with E-state index in [2.05, 4.69) is 15.5 Å². The number of rotatable bonds is 5. The van der Waals surface area contributed by atoms with Crippen molar-refractivity contribution >= 4 is 17.6 Å². The molecule has 7 heteroatoms. The summed E-state index contributed by atoms with van der Waals surface area (Å²) in [6.07, 6.45) is 1.45. The van der Waals surface area contributed by atoms with Crippen LogP contribution in [0.25, 0.3) is 0 Å². The van der Waals surface area contributed by atoms with Crippen LogP contribution < -0.4 is 5.32 Å². The van der Waals surface area contributed by atoms with Crippen molar-refractivity contribution in [1.82, 2.24) is 10.1 Å². The average Bonchev–Trinajstić information content (AvgIpc) is 2.72. The molecule has 0 bridgehead atoms. The maximum Gasteiger partial charge on any atom is 0.309 e. The third-order valence-electron chi connectivity index (χ3n) is 2.96. The Bertz CT molecular complexity index is 642. The van der Waals surface area contributed by atoms with E-state index in [4.69, 9.17) is 9.63 Å². The molecule has 0 aliphatic rings. The van der Waals surface area contributed by atoms with Crippen molar-refractivity contribution in [3.05, 3.63) is 41.0 Å². The van der Waals surface area contributed by atoms with Gasteiger partial charge < -0.3 is 14.9 Å². The number of nitrogens with zero attached hydrogens (tertiary/aromatic N) is 2. The van der Waals surface area contributed by atoms with Crippen molar-refractivity contribution in [3.8, 4) is 0 Å². The average molecular weight is 289 g/mol. The second kappa shape index (κ2) is 6.17. The number of hydrogen-bond acceptors (Lipinski definition) is 5. The summed E-state index contributed by atoms with van der Waals surface area (Å²) in [6.45, 7) is 3.53. The van der Waals surface area contributed by atoms with Gasteiger partial charge in [-0.05, 0) is 26.0 Å². The number of anilines is 1. The standard InChI is InChI=1S/C14H15N3O4/c1-8-12(9(2)21-17-8)6-13(18)16-11-4-3-10(15-7-11)5-14(19)20/h3-4,7H,5-6H2,1-2H3,(H,16,18)(H,19,20). The van der Waals surface area contributed by atoms with Gasteiger partial charge in [0.1, 0.15) is 5.76 Å². The number of aliphatic carboxylic acids is 1. The van der Waals surface area contributed by atoms with Gasteiger partial charge in [0, 0.05) is 5.56 Å². The number of amides is 1. The van der Waals surface area contributed by atoms with Crippen LogP contribution in [0.2, 0.25) is 0 Å². The molecule has 2 heterocycles. The summed E-state index contributed by atoms with van der Waals surface area (Å²) < 4.78 is 5.00. The van der Waals surface area contributed by atoms with Crippen LogP contribution in [0.15, 0.2) is 22.9 Å². The zero-order valence-corrected chi connectivity index (χ0v) is 11.7. The Morgan fingerprint density at radius 2 is 2.05 bits per heavy atom. The van der Waals surface area contributed by atoms with Gasteiger partial charge in [-0.1, -0.05) is 5.16 Å². The van der Waals surface area contributed by atoms with Crippen molar-refractivity contribution in [2.75, 3.05) is 5.32 Å². The number of hydrogen-bond donors (Lipinski definition) is 2. The second-order valence-electron chi connectivity index (χ2n) is 4.64. The highest BCUT2D eigenvalue weighted by Gasteiger charge is 2.13. The molecule has 2 N–H and O–H groups in total. The minimum Gasteiger partial charge on any atom is -0.481 e. The Balaban J connectivity index is 1.98. The lowest BCUT2D eigenvalue weighted by molar-refractivity contribution is -0.136. The molecule has 1 amide bonds. The van der Waals surface area contributed by atoms with Gasteiger partial charge in [-0.25, -0.2) is 0 Å². The van der Waals surface area contributed by atoms with Crippen molar-refractivity contribution < 1.29 is 19.2 Å². The van der Waals surface area contributed by atoms with Crippen molar-refractivity contribution in [1.29, 1.82) is 0 Å². The lowest BCUT2D eigenvalue weighted by atomic mass is 10.1. The Labute approximate surface area is 121 Å². The summed E-state index contributed by atoms with van der Waals surface area (Å²) in [5.41, 5.74) is 2.41. The number of aromatic nitrogens is 2. The number of carbonyl (C=O) groups is 2. The molecular weight excluding hydrogens is 274 g/mol. The summed E-state index contributed by atoms with van der Waals surface area (Å²) in [5, 5.41) is 15.1. The van der Waals surface area contributed by atoms with E-state index in [1.165, 1.54) is 6.20 Å². The molecule has 2 aromatic rings. The van der Waals surface area contributed by atoms with Crippen LogP contribution in [0.4, 0.5) is 5.69 Å². The summed E-state index contributed by atoms with van der Waals surface area (Å²) in [4.78, 5) is 26.5. The minimum atomic E-state index is -0.947. The number of carbonyl (C=O) groups excluding carboxylic acids is 1. The SMILES string of the molecule is Cc1noc(C)c1CC(=O)Nc1ccc(CC(=O)O)nc1. The maximum atomic E-state index is 11.9. The van der Waals surface area contributed by atoms with Crippen LogP contribution in [0.3, 0.4) is 0 Å². The largest absolute Gasteiger partial charge is 0.481 e. The van der Waals surface area contributed by atoms with Gasteiger partial charge in [0.15, 0.2) is 0 Å². The van der Waals surface area contributed by atoms with Crippen LogP contribution in [0, 0.1) is 13.8 Å². The lowest BCUT2D eigenvalue weighted by Crippen LogP contribution is -2.15. The molecule has 0 aliphatic heterocycles. The van der Waals surface area contributed by atoms with Crippen LogP contribution in [-0.4, -0.2) is 27.1 Å². The van der Waals surface area contributed by atoms with Gasteiger partial charge in [0.2, 0.25) is 5.91 Å². The summed E-state index contributed by atoms with van der Waals surface area (Å²) >= 11 is 0. The highest BCUT2D eigenvalue weighted by atomic mass is 16.5. The van der Waals surface area contributed by atoms with Crippen LogP contribution in [0.1, 0.15) is 22.7 Å². The first-order valence-electron chi connectivity index (χ1n) is 6.34. The summed E-state index contributed by atoms with van der Waals surface area (Å²) in [6, 6.07) is 3.19. The van der Waals surface area contributed by atoms with Crippen molar-refractivity contribution in [2.45, 2.75) is 26.7 Å². The molecule has 21 heavy (non-hydrogen) atoms. The summed E-state index contributed by atoms with van der Waals surface area (Å²) in [7, 11) is 0. The Hall–Kier alpha value is -2.70. The van der Waals surface area contributed by atoms with E-state index in [0.717, 1.165) is 5.56 Å². The highest BCUT2D eigenvalue weighted by molar-refractivity contribution is 5.92. The molecule has 7 nitrogen and oxygen atoms in total. The molecule has 0 atom stereocenters. The molecular formula is C14H15N3O4. The number of nitrogens with one attached hydrogen (secondary N) is 1. The first kappa shape index (κ1) is 14.7. The molecule has 0 unspecified atom stereocenters. The molecule has 110 valence electrons. The van der Waals surface area contributed by atoms with E-state index < -0.39 is 5.97 Å². The van der Waals surface area contributed by atoms with Gasteiger partial charge >= 0.3 is 5.97 Å². The quantitative estimate of drug-likeness (QED) is 0.864. The first-order valence-corrected chi connectivity index (χ1v) is 6.34. The maximum absolute atomic E-state index is 11.9. The second-order valence-corrected chi connectivity index (χ2v) is 4.64. The zero-order chi connectivity index (χ0) is 15.4. The molecule has 0 saturated carbocycles. The fourth-order valence-electron chi connectivity index (χ4n) is 1.88. The van der Waals surface area contributed by atoms with Gasteiger partial charge in [0.25, 0.3) is 0 Å². The third-order valence-corrected chi connectivity index (χ3v) is 2.96. The number of carboxylic acids is 1. The van der Waals surface area contributed by atoms with Crippen LogP contribution in [-0.2, 0) is 22.4 Å². The Morgan fingerprint density at radius 3 is 2.57 bits per heavy atom. The fourth-order valence-corrected chi connectivity index (χ4v) is 1.88. The van der Waals surface area contributed by atoms with Gasteiger partial charge in [-0.3, -0.25) is 14.6 Å². The zero-order valence-electron chi connectivity index (χ0n) is 11.7. The van der Waals surface area contributed by atoms with Gasteiger partial charge in [0.05, 0.1) is 36.1 Å². The van der Waals surface area contributed by atoms with Gasteiger partial charge in [-0.2, -0.15) is 0 Å². The van der Waals surface area contributed by atoms with Crippen LogP contribution >= 0.6 is 0 Å². The van der Waals surface area contributed by atoms with E-state index in [9.17, 15) is 9.59 Å². The first-order chi connectivity index (χ1) is 9.95. The molecule has 0 aliphatic carbocycles. The molecule has 2 aromatic heterocycles. The molecule has 0 radical (unpaired) electrons. The van der Waals surface area contributed by atoms with E-state index in [1.807, 2.05) is 0 Å². The van der Waals surface area contributed by atoms with E-state index in [-0.39, 0.29) is 18.7 Å². The predicted octanol–water partition coefficient (Wildman–Crippen LogP) is 1.49. The van der Waals surface area contributed by atoms with Crippen molar-refractivity contribution in [2.24, 2.45) is 0 Å². The predicted molar refractivity (Wildman–Crippen MR) is 73.9 cm³/mol. The molecule has 0 spiro atoms. The Morgan fingerprint density at radius 1 is 1.29 bits per heavy atom. The van der Waals surface area contributed by atoms with Crippen molar-refractivity contribution in [3.63, 3.8) is 0 Å². The third kappa shape index (κ3) is 3.88. The molecule has 0 fully saturated rings. The summed E-state index contributed by atoms with van der Waals surface area (Å²) in [5.74, 6) is -0.535. The Kier molecular flexibility index (Phi) is 4.32. The van der Waals surface area contributed by atoms with Gasteiger partial charge in [-0.15, -0.1) is 0 Å². The fraction of sp³-hybridized carbons (Fsp3) is 0.286. The van der Waals surface area contributed by atoms with E-state index >= 15 is 0 Å². The lowest BCUT2D eigenvalue weighted by Gasteiger charge is -2.05. The molecule has 0 aromatic carbocycles. The van der Waals surface area contributed by atoms with E-state index in [1.54, 1.807) is 26.0 Å². The molecule has 2 rings (SSSR count). The van der Waals surface area contributed by atoms with Crippen LogP contribution in [0.5, 0.6) is 0 Å². The number of aryl methyl sites for hydroxylation is 2. The normalized spacial score (nSPS) is 10.4. The number of carboxylic acid groups (broad SMARTS) is 1. The highest BCUT2D eigenvalue weighted by Crippen LogP contribution is 2.14. The molecule has 0 saturated heterocycles. The topological polar surface area (TPSA) is 105 Å². The smallest absolute Gasteiger partial charge is 0.309 e. The monoisotopic (exact) mass is 289 g/mol.